The summed E-state index contributed by atoms with van der Waals surface area (Å²) in [4.78, 5) is 17.0. The number of amides is 1. The molecule has 0 radical (unpaired) electrons. The normalized spacial score (nSPS) is 14.1. The van der Waals surface area contributed by atoms with Crippen molar-refractivity contribution in [1.29, 1.82) is 0 Å². The number of rotatable bonds is 5. The number of ether oxygens (including phenoxy) is 2. The second kappa shape index (κ2) is 7.93. The third-order valence-corrected chi connectivity index (χ3v) is 5.84. The molecule has 0 saturated carbocycles. The molecule has 1 atom stereocenters. The first-order valence-electron chi connectivity index (χ1n) is 8.95. The first kappa shape index (κ1) is 19.0. The average Bonchev–Trinajstić information content (AvgIpc) is 3.00. The number of halogens is 1. The number of hydrogen-bond acceptors (Lipinski definition) is 5. The van der Waals surface area contributed by atoms with Crippen LogP contribution in [0, 0.1) is 0 Å². The molecule has 0 aliphatic carbocycles. The Morgan fingerprint density at radius 1 is 1.25 bits per heavy atom. The van der Waals surface area contributed by atoms with E-state index < -0.39 is 0 Å². The molecule has 0 unspecified atom stereocenters. The highest BCUT2D eigenvalue weighted by molar-refractivity contribution is 7.99. The highest BCUT2D eigenvalue weighted by atomic mass is 35.5. The fraction of sp³-hybridized carbons (Fsp3) is 0.300. The number of hydrogen-bond donors (Lipinski definition) is 1. The van der Waals surface area contributed by atoms with Gasteiger partial charge in [-0.1, -0.05) is 29.4 Å². The lowest BCUT2D eigenvalue weighted by molar-refractivity contribution is -0.119. The monoisotopic (exact) mass is 417 g/mol. The van der Waals surface area contributed by atoms with Gasteiger partial charge in [-0.3, -0.25) is 4.79 Å². The molecule has 0 fully saturated rings. The minimum atomic E-state index is -0.136. The molecule has 1 aromatic heterocycles. The van der Waals surface area contributed by atoms with Gasteiger partial charge in [-0.05, 0) is 42.8 Å². The predicted octanol–water partition coefficient (Wildman–Crippen LogP) is 3.97. The van der Waals surface area contributed by atoms with E-state index in [0.717, 1.165) is 33.3 Å². The smallest absolute Gasteiger partial charge is 0.230 e. The van der Waals surface area contributed by atoms with Crippen LogP contribution in [0.4, 0.5) is 0 Å². The van der Waals surface area contributed by atoms with Crippen molar-refractivity contribution in [2.75, 3.05) is 19.0 Å². The molecule has 3 aromatic rings. The highest BCUT2D eigenvalue weighted by Crippen LogP contribution is 2.32. The quantitative estimate of drug-likeness (QED) is 0.636. The van der Waals surface area contributed by atoms with Crippen molar-refractivity contribution in [2.45, 2.75) is 18.1 Å². The summed E-state index contributed by atoms with van der Waals surface area (Å²) in [5.41, 5.74) is 2.78. The Morgan fingerprint density at radius 3 is 2.86 bits per heavy atom. The van der Waals surface area contributed by atoms with Crippen molar-refractivity contribution >= 4 is 40.3 Å². The summed E-state index contributed by atoms with van der Waals surface area (Å²) >= 11 is 7.43. The average molecular weight is 418 g/mol. The molecule has 1 aliphatic heterocycles. The molecule has 0 saturated heterocycles. The van der Waals surface area contributed by atoms with Crippen LogP contribution in [0.25, 0.3) is 11.0 Å². The van der Waals surface area contributed by atoms with E-state index >= 15 is 0 Å². The Morgan fingerprint density at radius 2 is 2.04 bits per heavy atom. The fourth-order valence-corrected chi connectivity index (χ4v) is 4.07. The molecule has 146 valence electrons. The largest absolute Gasteiger partial charge is 0.486 e. The number of nitrogens with one attached hydrogen (secondary N) is 1. The molecule has 2 heterocycles. The number of carbonyl (C=O) groups excluding carboxylic acids is 1. The van der Waals surface area contributed by atoms with Gasteiger partial charge in [-0.25, -0.2) is 4.98 Å². The molecule has 0 spiro atoms. The molecule has 6 nitrogen and oxygen atoms in total. The van der Waals surface area contributed by atoms with Crippen LogP contribution in [0.3, 0.4) is 0 Å². The molecule has 8 heteroatoms. The number of carbonyl (C=O) groups is 1. The molecule has 1 N–H and O–H groups in total. The van der Waals surface area contributed by atoms with Crippen molar-refractivity contribution in [2.24, 2.45) is 7.05 Å². The van der Waals surface area contributed by atoms with E-state index in [4.69, 9.17) is 21.1 Å². The van der Waals surface area contributed by atoms with Gasteiger partial charge < -0.3 is 19.4 Å². The summed E-state index contributed by atoms with van der Waals surface area (Å²) in [7, 11) is 1.93. The van der Waals surface area contributed by atoms with Crippen LogP contribution in [0.15, 0.2) is 41.6 Å². The molecule has 4 rings (SSSR count). The Hall–Kier alpha value is -2.38. The maximum absolute atomic E-state index is 12.4. The fourth-order valence-electron chi connectivity index (χ4n) is 3.11. The van der Waals surface area contributed by atoms with E-state index in [9.17, 15) is 4.79 Å². The van der Waals surface area contributed by atoms with Crippen molar-refractivity contribution in [1.82, 2.24) is 14.9 Å². The van der Waals surface area contributed by atoms with Crippen LogP contribution in [0.5, 0.6) is 11.5 Å². The maximum Gasteiger partial charge on any atom is 0.230 e. The summed E-state index contributed by atoms with van der Waals surface area (Å²) in [6, 6.07) is 11.2. The maximum atomic E-state index is 12.4. The first-order valence-corrected chi connectivity index (χ1v) is 10.3. The van der Waals surface area contributed by atoms with Crippen LogP contribution >= 0.6 is 23.4 Å². The zero-order valence-corrected chi connectivity index (χ0v) is 17.1. The Labute approximate surface area is 172 Å². The van der Waals surface area contributed by atoms with Gasteiger partial charge in [0.1, 0.15) is 13.2 Å². The third-order valence-electron chi connectivity index (χ3n) is 4.58. The minimum absolute atomic E-state index is 0.0579. The van der Waals surface area contributed by atoms with E-state index in [-0.39, 0.29) is 17.7 Å². The predicted molar refractivity (Wildman–Crippen MR) is 110 cm³/mol. The number of fused-ring (bicyclic) bond motifs is 2. The van der Waals surface area contributed by atoms with Gasteiger partial charge in [0.2, 0.25) is 5.91 Å². The zero-order chi connectivity index (χ0) is 19.7. The van der Waals surface area contributed by atoms with Crippen LogP contribution in [-0.4, -0.2) is 34.4 Å². The van der Waals surface area contributed by atoms with Crippen molar-refractivity contribution in [3.8, 4) is 11.5 Å². The molecule has 2 aromatic carbocycles. The van der Waals surface area contributed by atoms with Gasteiger partial charge >= 0.3 is 0 Å². The number of aromatic nitrogens is 2. The van der Waals surface area contributed by atoms with Crippen molar-refractivity contribution in [3.63, 3.8) is 0 Å². The highest BCUT2D eigenvalue weighted by Gasteiger charge is 2.17. The Balaban J connectivity index is 1.38. The van der Waals surface area contributed by atoms with Crippen molar-refractivity contribution < 1.29 is 14.3 Å². The van der Waals surface area contributed by atoms with Gasteiger partial charge in [-0.15, -0.1) is 0 Å². The van der Waals surface area contributed by atoms with Crippen LogP contribution in [-0.2, 0) is 11.8 Å². The number of benzene rings is 2. The van der Waals surface area contributed by atoms with Gasteiger partial charge in [0.25, 0.3) is 0 Å². The molecular weight excluding hydrogens is 398 g/mol. The molecule has 1 amide bonds. The van der Waals surface area contributed by atoms with Crippen LogP contribution in [0.1, 0.15) is 18.5 Å². The summed E-state index contributed by atoms with van der Waals surface area (Å²) in [5.74, 6) is 1.68. The minimum Gasteiger partial charge on any atom is -0.486 e. The second-order valence-electron chi connectivity index (χ2n) is 6.57. The van der Waals surface area contributed by atoms with Crippen LogP contribution in [0.2, 0.25) is 5.02 Å². The first-order chi connectivity index (χ1) is 13.5. The topological polar surface area (TPSA) is 65.4 Å². The molecule has 1 aliphatic rings. The van der Waals surface area contributed by atoms with Gasteiger partial charge in [0.05, 0.1) is 22.8 Å². The number of aryl methyl sites for hydroxylation is 1. The summed E-state index contributed by atoms with van der Waals surface area (Å²) in [6.45, 7) is 3.05. The standard InChI is InChI=1S/C20H20ClN3O3S/c1-12(13-3-6-17-18(9-13)27-8-7-26-17)22-19(25)11-28-20-23-15-10-14(21)4-5-16(15)24(20)2/h3-6,9-10,12H,7-8,11H2,1-2H3,(H,22,25)/t12-/m0/s1. The zero-order valence-electron chi connectivity index (χ0n) is 15.6. The second-order valence-corrected chi connectivity index (χ2v) is 7.95. The lowest BCUT2D eigenvalue weighted by atomic mass is 10.1. The van der Waals surface area contributed by atoms with E-state index in [0.29, 0.717) is 18.2 Å². The third kappa shape index (κ3) is 3.91. The summed E-state index contributed by atoms with van der Waals surface area (Å²) < 4.78 is 13.1. The lowest BCUT2D eigenvalue weighted by Gasteiger charge is -2.21. The summed E-state index contributed by atoms with van der Waals surface area (Å²) in [5, 5.41) is 4.44. The number of thioether (sulfide) groups is 1. The van der Waals surface area contributed by atoms with Gasteiger partial charge in [0.15, 0.2) is 16.7 Å². The van der Waals surface area contributed by atoms with Gasteiger partial charge in [-0.2, -0.15) is 0 Å². The number of nitrogens with zero attached hydrogens (tertiary/aromatic N) is 2. The molecular formula is C20H20ClN3O3S. The Kier molecular flexibility index (Phi) is 5.37. The van der Waals surface area contributed by atoms with Gasteiger partial charge in [0, 0.05) is 12.1 Å². The summed E-state index contributed by atoms with van der Waals surface area (Å²) in [6.07, 6.45) is 0. The van der Waals surface area contributed by atoms with Crippen molar-refractivity contribution in [3.05, 3.63) is 47.0 Å². The number of imidazole rings is 1. The lowest BCUT2D eigenvalue weighted by Crippen LogP contribution is -2.28. The molecule has 0 bridgehead atoms. The van der Waals surface area contributed by atoms with E-state index in [2.05, 4.69) is 10.3 Å². The van der Waals surface area contributed by atoms with Crippen LogP contribution < -0.4 is 14.8 Å². The van der Waals surface area contributed by atoms with E-state index in [1.807, 2.05) is 54.9 Å². The van der Waals surface area contributed by atoms with E-state index in [1.165, 1.54) is 11.8 Å². The Bertz CT molecular complexity index is 1040. The molecule has 28 heavy (non-hydrogen) atoms. The van der Waals surface area contributed by atoms with E-state index in [1.54, 1.807) is 0 Å². The SMILES string of the molecule is C[C@H](NC(=O)CSc1nc2cc(Cl)ccc2n1C)c1ccc2c(c1)OCCO2.